The number of unbranched alkanes of at least 4 members (excludes halogenated alkanes) is 1. The maximum Gasteiger partial charge on any atom is 0.319 e. The van der Waals surface area contributed by atoms with Crippen LogP contribution in [0.2, 0.25) is 0 Å². The molecule has 4 nitrogen and oxygen atoms in total. The van der Waals surface area contributed by atoms with Crippen LogP contribution in [0.3, 0.4) is 0 Å². The maximum atomic E-state index is 11.5. The highest BCUT2D eigenvalue weighted by atomic mass is 16.2. The molecule has 1 aromatic carbocycles. The van der Waals surface area contributed by atoms with Crippen molar-refractivity contribution in [1.29, 1.82) is 0 Å². The SMILES string of the molecule is CCCCNC(=O)Nc1ccc(CNCCC)cc1. The Hall–Kier alpha value is -1.55. The molecule has 0 aliphatic rings. The zero-order valence-corrected chi connectivity index (χ0v) is 12.0. The number of amides is 2. The van der Waals surface area contributed by atoms with E-state index < -0.39 is 0 Å². The Morgan fingerprint density at radius 1 is 1.05 bits per heavy atom. The highest BCUT2D eigenvalue weighted by Gasteiger charge is 2.00. The molecule has 4 heteroatoms. The van der Waals surface area contributed by atoms with Crippen molar-refractivity contribution >= 4 is 11.7 Å². The predicted octanol–water partition coefficient (Wildman–Crippen LogP) is 3.11. The molecule has 0 heterocycles. The lowest BCUT2D eigenvalue weighted by molar-refractivity contribution is 0.252. The van der Waals surface area contributed by atoms with Crippen LogP contribution < -0.4 is 16.0 Å². The highest BCUT2D eigenvalue weighted by molar-refractivity contribution is 5.89. The fourth-order valence-corrected chi connectivity index (χ4v) is 1.67. The summed E-state index contributed by atoms with van der Waals surface area (Å²) >= 11 is 0. The monoisotopic (exact) mass is 263 g/mol. The number of carbonyl (C=O) groups is 1. The Balaban J connectivity index is 2.32. The number of hydrogen-bond donors (Lipinski definition) is 3. The van der Waals surface area contributed by atoms with Gasteiger partial charge in [-0.2, -0.15) is 0 Å². The first-order valence-electron chi connectivity index (χ1n) is 7.10. The van der Waals surface area contributed by atoms with Gasteiger partial charge in [0, 0.05) is 18.8 Å². The average molecular weight is 263 g/mol. The number of urea groups is 1. The van der Waals surface area contributed by atoms with Crippen LogP contribution >= 0.6 is 0 Å². The van der Waals surface area contributed by atoms with E-state index in [4.69, 9.17) is 0 Å². The van der Waals surface area contributed by atoms with E-state index in [1.165, 1.54) is 5.56 Å². The van der Waals surface area contributed by atoms with Gasteiger partial charge in [0.15, 0.2) is 0 Å². The molecule has 1 aromatic rings. The van der Waals surface area contributed by atoms with Gasteiger partial charge in [0.1, 0.15) is 0 Å². The first-order chi connectivity index (χ1) is 9.26. The molecule has 0 bridgehead atoms. The van der Waals surface area contributed by atoms with E-state index in [9.17, 15) is 4.79 Å². The van der Waals surface area contributed by atoms with Crippen molar-refractivity contribution in [3.63, 3.8) is 0 Å². The lowest BCUT2D eigenvalue weighted by Crippen LogP contribution is -2.29. The third kappa shape index (κ3) is 6.82. The Morgan fingerprint density at radius 2 is 1.79 bits per heavy atom. The molecule has 0 aliphatic heterocycles. The number of rotatable bonds is 8. The molecule has 0 saturated heterocycles. The van der Waals surface area contributed by atoms with Crippen LogP contribution in [0.5, 0.6) is 0 Å². The molecule has 19 heavy (non-hydrogen) atoms. The lowest BCUT2D eigenvalue weighted by Gasteiger charge is -2.08. The summed E-state index contributed by atoms with van der Waals surface area (Å²) in [6.07, 6.45) is 3.23. The van der Waals surface area contributed by atoms with Crippen molar-refractivity contribution < 1.29 is 4.79 Å². The van der Waals surface area contributed by atoms with E-state index in [1.807, 2.05) is 24.3 Å². The second kappa shape index (κ2) is 9.39. The molecule has 0 spiro atoms. The molecule has 0 aromatic heterocycles. The van der Waals surface area contributed by atoms with Crippen molar-refractivity contribution in [3.05, 3.63) is 29.8 Å². The molecule has 0 aliphatic carbocycles. The third-order valence-electron chi connectivity index (χ3n) is 2.78. The number of hydrogen-bond acceptors (Lipinski definition) is 2. The average Bonchev–Trinajstić information content (AvgIpc) is 2.41. The summed E-state index contributed by atoms with van der Waals surface area (Å²) in [5.74, 6) is 0. The topological polar surface area (TPSA) is 53.2 Å². The molecule has 3 N–H and O–H groups in total. The van der Waals surface area contributed by atoms with Crippen LogP contribution in [0.1, 0.15) is 38.7 Å². The van der Waals surface area contributed by atoms with Crippen molar-refractivity contribution in [1.82, 2.24) is 10.6 Å². The minimum absolute atomic E-state index is 0.134. The zero-order valence-electron chi connectivity index (χ0n) is 12.0. The van der Waals surface area contributed by atoms with E-state index >= 15 is 0 Å². The molecule has 0 unspecified atom stereocenters. The normalized spacial score (nSPS) is 10.2. The van der Waals surface area contributed by atoms with Crippen LogP contribution in [0.4, 0.5) is 10.5 Å². The van der Waals surface area contributed by atoms with Gasteiger partial charge in [-0.05, 0) is 37.1 Å². The van der Waals surface area contributed by atoms with Gasteiger partial charge in [-0.3, -0.25) is 0 Å². The second-order valence-corrected chi connectivity index (χ2v) is 4.61. The Kier molecular flexibility index (Phi) is 7.66. The maximum absolute atomic E-state index is 11.5. The first kappa shape index (κ1) is 15.5. The van der Waals surface area contributed by atoms with Gasteiger partial charge >= 0.3 is 6.03 Å². The fraction of sp³-hybridized carbons (Fsp3) is 0.533. The fourth-order valence-electron chi connectivity index (χ4n) is 1.67. The summed E-state index contributed by atoms with van der Waals surface area (Å²) in [5.41, 5.74) is 2.05. The number of benzene rings is 1. The third-order valence-corrected chi connectivity index (χ3v) is 2.78. The van der Waals surface area contributed by atoms with Crippen molar-refractivity contribution in [2.24, 2.45) is 0 Å². The number of nitrogens with one attached hydrogen (secondary N) is 3. The molecular weight excluding hydrogens is 238 g/mol. The van der Waals surface area contributed by atoms with Crippen LogP contribution in [-0.2, 0) is 6.54 Å². The summed E-state index contributed by atoms with van der Waals surface area (Å²) in [4.78, 5) is 11.5. The van der Waals surface area contributed by atoms with Crippen LogP contribution in [0, 0.1) is 0 Å². The van der Waals surface area contributed by atoms with Gasteiger partial charge in [-0.15, -0.1) is 0 Å². The Bertz CT molecular complexity index is 362. The van der Waals surface area contributed by atoms with E-state index in [1.54, 1.807) is 0 Å². The van der Waals surface area contributed by atoms with Crippen LogP contribution in [-0.4, -0.2) is 19.1 Å². The first-order valence-corrected chi connectivity index (χ1v) is 7.10. The molecule has 0 saturated carbocycles. The highest BCUT2D eigenvalue weighted by Crippen LogP contribution is 2.09. The van der Waals surface area contributed by atoms with E-state index in [0.29, 0.717) is 0 Å². The molecule has 0 radical (unpaired) electrons. The summed E-state index contributed by atoms with van der Waals surface area (Å²) in [6, 6.07) is 7.80. The number of carbonyl (C=O) groups excluding carboxylic acids is 1. The van der Waals surface area contributed by atoms with Gasteiger partial charge in [0.25, 0.3) is 0 Å². The smallest absolute Gasteiger partial charge is 0.319 e. The molecule has 0 atom stereocenters. The van der Waals surface area contributed by atoms with Gasteiger partial charge in [-0.1, -0.05) is 32.4 Å². The second-order valence-electron chi connectivity index (χ2n) is 4.61. The Labute approximate surface area is 116 Å². The van der Waals surface area contributed by atoms with Crippen LogP contribution in [0.15, 0.2) is 24.3 Å². The van der Waals surface area contributed by atoms with E-state index in [2.05, 4.69) is 29.8 Å². The summed E-state index contributed by atoms with van der Waals surface area (Å²) in [7, 11) is 0. The molecule has 106 valence electrons. The minimum atomic E-state index is -0.134. The number of anilines is 1. The predicted molar refractivity (Wildman–Crippen MR) is 80.4 cm³/mol. The largest absolute Gasteiger partial charge is 0.338 e. The molecule has 0 fully saturated rings. The van der Waals surface area contributed by atoms with E-state index in [0.717, 1.165) is 44.6 Å². The summed E-state index contributed by atoms with van der Waals surface area (Å²) in [5, 5.41) is 9.00. The van der Waals surface area contributed by atoms with Gasteiger partial charge < -0.3 is 16.0 Å². The standard InChI is InChI=1S/C15H25N3O/c1-3-5-11-17-15(19)18-14-8-6-13(7-9-14)12-16-10-4-2/h6-9,16H,3-5,10-12H2,1-2H3,(H2,17,18,19). The summed E-state index contributed by atoms with van der Waals surface area (Å²) < 4.78 is 0. The molecular formula is C15H25N3O. The van der Waals surface area contributed by atoms with Crippen molar-refractivity contribution in [2.45, 2.75) is 39.7 Å². The van der Waals surface area contributed by atoms with Crippen molar-refractivity contribution in [2.75, 3.05) is 18.4 Å². The van der Waals surface area contributed by atoms with E-state index in [-0.39, 0.29) is 6.03 Å². The van der Waals surface area contributed by atoms with Gasteiger partial charge in [0.05, 0.1) is 0 Å². The molecule has 1 rings (SSSR count). The van der Waals surface area contributed by atoms with Crippen LogP contribution in [0.25, 0.3) is 0 Å². The Morgan fingerprint density at radius 3 is 2.42 bits per heavy atom. The lowest BCUT2D eigenvalue weighted by atomic mass is 10.2. The van der Waals surface area contributed by atoms with Crippen molar-refractivity contribution in [3.8, 4) is 0 Å². The zero-order chi connectivity index (χ0) is 13.9. The quantitative estimate of drug-likeness (QED) is 0.631. The van der Waals surface area contributed by atoms with Gasteiger partial charge in [-0.25, -0.2) is 4.79 Å². The molecule has 2 amide bonds. The van der Waals surface area contributed by atoms with Gasteiger partial charge in [0.2, 0.25) is 0 Å². The minimum Gasteiger partial charge on any atom is -0.338 e. The summed E-state index contributed by atoms with van der Waals surface area (Å²) in [6.45, 7) is 6.88.